The van der Waals surface area contributed by atoms with E-state index in [-0.39, 0.29) is 51.4 Å². The largest absolute Gasteiger partial charge is 1.00 e. The number of thiophene rings is 1. The van der Waals surface area contributed by atoms with Crippen molar-refractivity contribution in [3.63, 3.8) is 0 Å². The van der Waals surface area contributed by atoms with Crippen molar-refractivity contribution >= 4 is 49.1 Å². The van der Waals surface area contributed by atoms with Crippen molar-refractivity contribution in [2.24, 2.45) is 0 Å². The first-order chi connectivity index (χ1) is 6.47. The third-order valence-corrected chi connectivity index (χ3v) is 3.53. The van der Waals surface area contributed by atoms with Crippen LogP contribution in [0.15, 0.2) is 28.7 Å². The predicted octanol–water partition coefficient (Wildman–Crippen LogP) is 0.722. The van der Waals surface area contributed by atoms with Gasteiger partial charge in [-0.2, -0.15) is 11.3 Å². The molecule has 15 heavy (non-hydrogen) atoms. The van der Waals surface area contributed by atoms with Gasteiger partial charge < -0.3 is 12.9 Å². The van der Waals surface area contributed by atoms with Crippen LogP contribution in [0.5, 0.6) is 0 Å². The Morgan fingerprint density at radius 2 is 1.80 bits per heavy atom. The van der Waals surface area contributed by atoms with E-state index in [0.29, 0.717) is 10.1 Å². The maximum Gasteiger partial charge on any atom is 1.00 e. The van der Waals surface area contributed by atoms with Crippen LogP contribution in [0.1, 0.15) is 0 Å². The van der Waals surface area contributed by atoms with Gasteiger partial charge in [-0.25, -0.2) is 0 Å². The standard InChI is InChI=1S/C8H4BBrF3S.K/c10-6-1-2-7-5(3-6)4-8(14-7)9(11,12)13;/h1-4H;/q-1;+1. The number of halogens is 4. The van der Waals surface area contributed by atoms with Crippen LogP contribution in [-0.2, 0) is 0 Å². The number of rotatable bonds is 1. The van der Waals surface area contributed by atoms with Gasteiger partial charge in [0.05, 0.1) is 0 Å². The Bertz CT molecular complexity index is 482. The molecule has 0 bridgehead atoms. The van der Waals surface area contributed by atoms with Crippen LogP contribution in [-0.4, -0.2) is 6.98 Å². The van der Waals surface area contributed by atoms with Crippen molar-refractivity contribution in [1.29, 1.82) is 0 Å². The molecule has 0 atom stereocenters. The quantitative estimate of drug-likeness (QED) is 0.680. The smallest absolute Gasteiger partial charge is 0.444 e. The molecule has 0 unspecified atom stereocenters. The zero-order chi connectivity index (χ0) is 10.3. The molecule has 0 fully saturated rings. The molecule has 0 aliphatic rings. The number of benzene rings is 1. The second kappa shape index (κ2) is 5.20. The van der Waals surface area contributed by atoms with Gasteiger partial charge >= 0.3 is 58.4 Å². The van der Waals surface area contributed by atoms with Crippen LogP contribution in [0, 0.1) is 0 Å². The maximum atomic E-state index is 12.4. The average Bonchev–Trinajstić information content (AvgIpc) is 2.45. The molecular formula is C8H4BBrF3KS. The Morgan fingerprint density at radius 3 is 2.40 bits per heavy atom. The number of hydrogen-bond acceptors (Lipinski definition) is 1. The molecule has 7 heteroatoms. The van der Waals surface area contributed by atoms with Gasteiger partial charge in [0, 0.05) is 9.17 Å². The summed E-state index contributed by atoms with van der Waals surface area (Å²) in [6, 6.07) is 6.32. The Balaban J connectivity index is 0.00000112. The van der Waals surface area contributed by atoms with Crippen LogP contribution in [0.2, 0.25) is 0 Å². The number of hydrogen-bond donors (Lipinski definition) is 0. The Hall–Kier alpha value is 1.15. The second-order valence-corrected chi connectivity index (χ2v) is 4.94. The minimum absolute atomic E-state index is 0. The van der Waals surface area contributed by atoms with Crippen molar-refractivity contribution < 1.29 is 64.3 Å². The summed E-state index contributed by atoms with van der Waals surface area (Å²) in [5.74, 6) is 0. The van der Waals surface area contributed by atoms with Gasteiger partial charge in [-0.05, 0) is 23.6 Å². The van der Waals surface area contributed by atoms with Gasteiger partial charge in [-0.3, -0.25) is 0 Å². The molecule has 1 aromatic heterocycles. The molecule has 0 aliphatic heterocycles. The fourth-order valence-electron chi connectivity index (χ4n) is 1.20. The van der Waals surface area contributed by atoms with Crippen LogP contribution < -0.4 is 56.2 Å². The second-order valence-electron chi connectivity index (χ2n) is 2.91. The van der Waals surface area contributed by atoms with E-state index in [1.165, 1.54) is 6.07 Å². The molecule has 0 aliphatic carbocycles. The summed E-state index contributed by atoms with van der Waals surface area (Å²) in [5, 5.41) is 0.638. The van der Waals surface area contributed by atoms with Crippen molar-refractivity contribution in [2.75, 3.05) is 0 Å². The van der Waals surface area contributed by atoms with E-state index in [1.807, 2.05) is 0 Å². The Labute approximate surface area is 140 Å². The van der Waals surface area contributed by atoms with Gasteiger partial charge in [0.25, 0.3) is 0 Å². The number of fused-ring (bicyclic) bond motifs is 1. The third-order valence-electron chi connectivity index (χ3n) is 1.82. The van der Waals surface area contributed by atoms with Crippen LogP contribution in [0.3, 0.4) is 0 Å². The summed E-state index contributed by atoms with van der Waals surface area (Å²) in [5.41, 5.74) is 0. The van der Waals surface area contributed by atoms with Crippen molar-refractivity contribution in [3.05, 3.63) is 28.7 Å². The normalized spacial score (nSPS) is 11.5. The summed E-state index contributed by atoms with van der Waals surface area (Å²) >= 11 is 4.02. The van der Waals surface area contributed by atoms with Gasteiger partial charge in [-0.1, -0.05) is 26.8 Å². The monoisotopic (exact) mass is 318 g/mol. The summed E-state index contributed by atoms with van der Waals surface area (Å²) < 4.78 is 38.1. The molecule has 1 heterocycles. The summed E-state index contributed by atoms with van der Waals surface area (Å²) in [6.45, 7) is -4.87. The molecule has 0 saturated carbocycles. The van der Waals surface area contributed by atoms with Gasteiger partial charge in [0.1, 0.15) is 0 Å². The van der Waals surface area contributed by atoms with Gasteiger partial charge in [0.2, 0.25) is 0 Å². The molecule has 0 N–H and O–H groups in total. The van der Waals surface area contributed by atoms with E-state index < -0.39 is 11.8 Å². The average molecular weight is 319 g/mol. The van der Waals surface area contributed by atoms with E-state index in [9.17, 15) is 12.9 Å². The van der Waals surface area contributed by atoms with E-state index in [4.69, 9.17) is 0 Å². The summed E-state index contributed by atoms with van der Waals surface area (Å²) in [7, 11) is 0. The zero-order valence-corrected chi connectivity index (χ0v) is 13.3. The first-order valence-corrected chi connectivity index (χ1v) is 5.47. The van der Waals surface area contributed by atoms with E-state index in [2.05, 4.69) is 15.9 Å². The maximum absolute atomic E-state index is 12.4. The van der Waals surface area contributed by atoms with Gasteiger partial charge in [0.15, 0.2) is 0 Å². The van der Waals surface area contributed by atoms with Crippen molar-refractivity contribution in [2.45, 2.75) is 0 Å². The third kappa shape index (κ3) is 3.31. The summed E-state index contributed by atoms with van der Waals surface area (Å²) in [6.07, 6.45) is 0. The van der Waals surface area contributed by atoms with Crippen molar-refractivity contribution in [3.8, 4) is 0 Å². The Kier molecular flexibility index (Phi) is 4.93. The van der Waals surface area contributed by atoms with Crippen LogP contribution in [0.4, 0.5) is 12.9 Å². The molecule has 2 aromatic rings. The SMILES string of the molecule is F[B-](F)(F)c1cc2cc(Br)ccc2s1.[K+]. The molecule has 0 nitrogen and oxygen atoms in total. The zero-order valence-electron chi connectivity index (χ0n) is 7.81. The molecule has 0 saturated heterocycles. The fraction of sp³-hybridized carbons (Fsp3) is 0. The topological polar surface area (TPSA) is 0 Å². The fourth-order valence-corrected chi connectivity index (χ4v) is 2.52. The molecule has 1 aromatic carbocycles. The summed E-state index contributed by atoms with van der Waals surface area (Å²) in [4.78, 5) is 0. The molecular weight excluding hydrogens is 315 g/mol. The minimum atomic E-state index is -4.87. The molecule has 0 radical (unpaired) electrons. The minimum Gasteiger partial charge on any atom is -0.444 e. The van der Waals surface area contributed by atoms with E-state index >= 15 is 0 Å². The first-order valence-electron chi connectivity index (χ1n) is 3.86. The van der Waals surface area contributed by atoms with Gasteiger partial charge in [-0.15, -0.1) is 0 Å². The van der Waals surface area contributed by atoms with E-state index in [1.54, 1.807) is 18.2 Å². The van der Waals surface area contributed by atoms with E-state index in [0.717, 1.165) is 15.8 Å². The van der Waals surface area contributed by atoms with Crippen molar-refractivity contribution in [1.82, 2.24) is 0 Å². The predicted molar refractivity (Wildman–Crippen MR) is 58.2 cm³/mol. The molecule has 0 amide bonds. The molecule has 74 valence electrons. The molecule has 2 rings (SSSR count). The Morgan fingerprint density at radius 1 is 1.13 bits per heavy atom. The first kappa shape index (κ1) is 14.2. The molecule has 0 spiro atoms. The van der Waals surface area contributed by atoms with Crippen LogP contribution >= 0.6 is 27.3 Å². The van der Waals surface area contributed by atoms with Crippen LogP contribution in [0.25, 0.3) is 10.1 Å².